The molecule has 6 nitrogen and oxygen atoms in total. The highest BCUT2D eigenvalue weighted by atomic mass is 16.5. The number of carbonyl (C=O) groups is 1. The van der Waals surface area contributed by atoms with Gasteiger partial charge in [-0.2, -0.15) is 0 Å². The molecule has 0 bridgehead atoms. The van der Waals surface area contributed by atoms with Gasteiger partial charge >= 0.3 is 5.97 Å². The van der Waals surface area contributed by atoms with Gasteiger partial charge in [0.05, 0.1) is 27.9 Å². The Bertz CT molecular complexity index is 441. The molecule has 0 amide bonds. The second-order valence-corrected chi connectivity index (χ2v) is 3.42. The number of methoxy groups -OCH3 is 4. The van der Waals surface area contributed by atoms with Crippen LogP contribution in [0.3, 0.4) is 0 Å². The van der Waals surface area contributed by atoms with E-state index in [4.69, 9.17) is 18.9 Å². The maximum atomic E-state index is 11.3. The Balaban J connectivity index is 3.57. The number of hydrogen-bond donors (Lipinski definition) is 1. The average Bonchev–Trinajstić information content (AvgIpc) is 2.36. The maximum Gasteiger partial charge on any atom is 0.340 e. The van der Waals surface area contributed by atoms with E-state index < -0.39 is 5.97 Å². The van der Waals surface area contributed by atoms with E-state index in [-0.39, 0.29) is 23.7 Å². The van der Waals surface area contributed by atoms with Gasteiger partial charge in [0.15, 0.2) is 11.5 Å². The van der Waals surface area contributed by atoms with Crippen LogP contribution in [0, 0.1) is 0 Å². The van der Waals surface area contributed by atoms with E-state index in [1.807, 2.05) is 0 Å². The van der Waals surface area contributed by atoms with Gasteiger partial charge in [-0.3, -0.25) is 0 Å². The van der Waals surface area contributed by atoms with Crippen LogP contribution in [0.2, 0.25) is 0 Å². The molecule has 0 atom stereocenters. The van der Waals surface area contributed by atoms with Gasteiger partial charge in [-0.05, 0) is 11.6 Å². The van der Waals surface area contributed by atoms with Crippen molar-refractivity contribution < 1.29 is 28.8 Å². The van der Waals surface area contributed by atoms with Gasteiger partial charge < -0.3 is 24.1 Å². The van der Waals surface area contributed by atoms with Crippen molar-refractivity contribution in [3.05, 3.63) is 17.2 Å². The van der Waals surface area contributed by atoms with Crippen molar-refractivity contribution in [2.24, 2.45) is 0 Å². The molecule has 6 heteroatoms. The predicted molar refractivity (Wildman–Crippen MR) is 63.8 cm³/mol. The van der Waals surface area contributed by atoms with Gasteiger partial charge in [0.25, 0.3) is 0 Å². The summed E-state index contributed by atoms with van der Waals surface area (Å²) < 4.78 is 20.4. The summed E-state index contributed by atoms with van der Waals surface area (Å²) in [7, 11) is 5.74. The fourth-order valence-corrected chi connectivity index (χ4v) is 1.71. The third kappa shape index (κ3) is 2.48. The Morgan fingerprint density at radius 2 is 1.72 bits per heavy atom. The number of carboxylic acid groups (broad SMARTS) is 1. The van der Waals surface area contributed by atoms with E-state index in [1.54, 1.807) is 6.07 Å². The number of benzene rings is 1. The van der Waals surface area contributed by atoms with E-state index in [0.717, 1.165) is 0 Å². The Morgan fingerprint density at radius 1 is 1.11 bits per heavy atom. The average molecular weight is 256 g/mol. The van der Waals surface area contributed by atoms with Crippen LogP contribution in [-0.2, 0) is 11.3 Å². The lowest BCUT2D eigenvalue weighted by molar-refractivity contribution is 0.0687. The zero-order chi connectivity index (χ0) is 13.7. The van der Waals surface area contributed by atoms with Crippen LogP contribution in [0.1, 0.15) is 15.9 Å². The maximum absolute atomic E-state index is 11.3. The summed E-state index contributed by atoms with van der Waals surface area (Å²) in [6.07, 6.45) is 0. The second kappa shape index (κ2) is 6.11. The van der Waals surface area contributed by atoms with Gasteiger partial charge in [0.1, 0.15) is 5.56 Å². The molecule has 0 aromatic heterocycles. The van der Waals surface area contributed by atoms with Crippen molar-refractivity contribution in [3.63, 3.8) is 0 Å². The molecule has 0 saturated heterocycles. The van der Waals surface area contributed by atoms with Crippen molar-refractivity contribution in [2.45, 2.75) is 6.61 Å². The van der Waals surface area contributed by atoms with Crippen LogP contribution >= 0.6 is 0 Å². The fraction of sp³-hybridized carbons (Fsp3) is 0.417. The Labute approximate surface area is 105 Å². The first-order valence-electron chi connectivity index (χ1n) is 5.14. The number of hydrogen-bond acceptors (Lipinski definition) is 5. The van der Waals surface area contributed by atoms with Crippen LogP contribution < -0.4 is 14.2 Å². The van der Waals surface area contributed by atoms with Crippen molar-refractivity contribution in [1.82, 2.24) is 0 Å². The first-order chi connectivity index (χ1) is 8.60. The van der Waals surface area contributed by atoms with Gasteiger partial charge in [-0.25, -0.2) is 4.79 Å². The second-order valence-electron chi connectivity index (χ2n) is 3.42. The van der Waals surface area contributed by atoms with Crippen molar-refractivity contribution in [2.75, 3.05) is 28.4 Å². The van der Waals surface area contributed by atoms with E-state index >= 15 is 0 Å². The first kappa shape index (κ1) is 14.1. The molecule has 0 aliphatic rings. The van der Waals surface area contributed by atoms with Crippen molar-refractivity contribution >= 4 is 5.97 Å². The molecular formula is C12H16O6. The summed E-state index contributed by atoms with van der Waals surface area (Å²) in [6.45, 7) is 0.137. The molecule has 1 aromatic carbocycles. The standard InChI is InChI=1S/C12H16O6/c1-15-6-7-5-8(16-2)10(17-3)11(18-4)9(7)12(13)14/h5H,6H2,1-4H3,(H,13,14). The van der Waals surface area contributed by atoms with Gasteiger partial charge in [-0.15, -0.1) is 0 Å². The number of ether oxygens (including phenoxy) is 4. The molecule has 0 radical (unpaired) electrons. The summed E-state index contributed by atoms with van der Waals surface area (Å²) >= 11 is 0. The van der Waals surface area contributed by atoms with E-state index in [1.165, 1.54) is 28.4 Å². The third-order valence-corrected chi connectivity index (χ3v) is 2.43. The minimum absolute atomic E-state index is 0.0111. The molecule has 0 aliphatic heterocycles. The fourth-order valence-electron chi connectivity index (χ4n) is 1.71. The SMILES string of the molecule is COCc1cc(OC)c(OC)c(OC)c1C(=O)O. The predicted octanol–water partition coefficient (Wildman–Crippen LogP) is 1.56. The molecule has 0 unspecified atom stereocenters. The number of rotatable bonds is 6. The Kier molecular flexibility index (Phi) is 4.79. The smallest absolute Gasteiger partial charge is 0.340 e. The molecule has 0 spiro atoms. The lowest BCUT2D eigenvalue weighted by atomic mass is 10.1. The lowest BCUT2D eigenvalue weighted by Gasteiger charge is -2.17. The topological polar surface area (TPSA) is 74.2 Å². The highest BCUT2D eigenvalue weighted by Crippen LogP contribution is 2.42. The number of carboxylic acids is 1. The zero-order valence-corrected chi connectivity index (χ0v) is 10.8. The molecule has 0 saturated carbocycles. The van der Waals surface area contributed by atoms with Crippen LogP contribution in [0.4, 0.5) is 0 Å². The van der Waals surface area contributed by atoms with Gasteiger partial charge in [-0.1, -0.05) is 0 Å². The highest BCUT2D eigenvalue weighted by Gasteiger charge is 2.24. The summed E-state index contributed by atoms with van der Waals surface area (Å²) in [5.74, 6) is -0.347. The van der Waals surface area contributed by atoms with E-state index in [2.05, 4.69) is 0 Å². The normalized spacial score (nSPS) is 10.0. The Hall–Kier alpha value is -1.95. The van der Waals surface area contributed by atoms with Crippen molar-refractivity contribution in [1.29, 1.82) is 0 Å². The molecule has 1 N–H and O–H groups in total. The van der Waals surface area contributed by atoms with Gasteiger partial charge in [0, 0.05) is 7.11 Å². The quantitative estimate of drug-likeness (QED) is 0.832. The molecule has 0 fully saturated rings. The van der Waals surface area contributed by atoms with Crippen LogP contribution in [0.15, 0.2) is 6.07 Å². The summed E-state index contributed by atoms with van der Waals surface area (Å²) in [6, 6.07) is 1.56. The highest BCUT2D eigenvalue weighted by molar-refractivity contribution is 5.94. The minimum Gasteiger partial charge on any atom is -0.493 e. The molecule has 100 valence electrons. The third-order valence-electron chi connectivity index (χ3n) is 2.43. The molecule has 0 aliphatic carbocycles. The number of aromatic carboxylic acids is 1. The summed E-state index contributed by atoms with van der Waals surface area (Å²) in [5, 5.41) is 9.26. The van der Waals surface area contributed by atoms with Gasteiger partial charge in [0.2, 0.25) is 5.75 Å². The van der Waals surface area contributed by atoms with Crippen LogP contribution in [-0.4, -0.2) is 39.5 Å². The zero-order valence-electron chi connectivity index (χ0n) is 10.8. The van der Waals surface area contributed by atoms with Crippen molar-refractivity contribution in [3.8, 4) is 17.2 Å². The first-order valence-corrected chi connectivity index (χ1v) is 5.14. The van der Waals surface area contributed by atoms with E-state index in [9.17, 15) is 9.90 Å². The minimum atomic E-state index is -1.11. The van der Waals surface area contributed by atoms with E-state index in [0.29, 0.717) is 11.3 Å². The summed E-state index contributed by atoms with van der Waals surface area (Å²) in [4.78, 5) is 11.3. The molecule has 1 rings (SSSR count). The van der Waals surface area contributed by atoms with Crippen LogP contribution in [0.25, 0.3) is 0 Å². The Morgan fingerprint density at radius 3 is 2.11 bits per heavy atom. The monoisotopic (exact) mass is 256 g/mol. The van der Waals surface area contributed by atoms with Crippen LogP contribution in [0.5, 0.6) is 17.2 Å². The molecule has 1 aromatic rings. The molecular weight excluding hydrogens is 240 g/mol. The largest absolute Gasteiger partial charge is 0.493 e. The molecule has 0 heterocycles. The molecule has 18 heavy (non-hydrogen) atoms. The summed E-state index contributed by atoms with van der Waals surface area (Å²) in [5.41, 5.74) is 0.469. The lowest BCUT2D eigenvalue weighted by Crippen LogP contribution is -2.09.